The lowest BCUT2D eigenvalue weighted by atomic mass is 9.98. The summed E-state index contributed by atoms with van der Waals surface area (Å²) in [6.07, 6.45) is 2.16. The van der Waals surface area contributed by atoms with Gasteiger partial charge in [0.2, 0.25) is 5.91 Å². The molecule has 1 aromatic rings. The molecule has 1 aromatic heterocycles. The summed E-state index contributed by atoms with van der Waals surface area (Å²) in [4.78, 5) is 14.4. The van der Waals surface area contributed by atoms with Gasteiger partial charge in [0, 0.05) is 45.3 Å². The second-order valence-corrected chi connectivity index (χ2v) is 9.91. The van der Waals surface area contributed by atoms with E-state index in [0.717, 1.165) is 24.2 Å². The smallest absolute Gasteiger partial charge is 0.252 e. The van der Waals surface area contributed by atoms with E-state index in [2.05, 4.69) is 0 Å². The van der Waals surface area contributed by atoms with Gasteiger partial charge in [-0.25, -0.2) is 8.42 Å². The molecule has 2 saturated heterocycles. The van der Waals surface area contributed by atoms with Crippen molar-refractivity contribution in [2.45, 2.75) is 23.5 Å². The molecule has 0 N–H and O–H groups in total. The van der Waals surface area contributed by atoms with Crippen LogP contribution in [-0.4, -0.2) is 62.9 Å². The maximum atomic E-state index is 12.7. The standard InChI is InChI=1S/C15H21ClN2O4S2/c16-13-2-3-14(23-13)24(20,21)18-7-1-6-17(8-9-18)15(19)12-4-10-22-11-5-12/h2-3,12H,1,4-11H2. The molecule has 6 nitrogen and oxygen atoms in total. The van der Waals surface area contributed by atoms with Crippen LogP contribution in [0.25, 0.3) is 0 Å². The number of amides is 1. The topological polar surface area (TPSA) is 66.9 Å². The molecule has 24 heavy (non-hydrogen) atoms. The van der Waals surface area contributed by atoms with Crippen molar-refractivity contribution in [2.75, 3.05) is 39.4 Å². The van der Waals surface area contributed by atoms with Crippen LogP contribution in [-0.2, 0) is 19.6 Å². The van der Waals surface area contributed by atoms with Crippen LogP contribution in [0, 0.1) is 5.92 Å². The van der Waals surface area contributed by atoms with Gasteiger partial charge >= 0.3 is 0 Å². The molecule has 0 aliphatic carbocycles. The largest absolute Gasteiger partial charge is 0.381 e. The summed E-state index contributed by atoms with van der Waals surface area (Å²) in [5, 5.41) is 0. The Hall–Kier alpha value is -0.670. The number of hydrogen-bond acceptors (Lipinski definition) is 5. The average molecular weight is 393 g/mol. The van der Waals surface area contributed by atoms with Gasteiger partial charge in [-0.2, -0.15) is 4.31 Å². The first-order chi connectivity index (χ1) is 11.5. The number of halogens is 1. The third kappa shape index (κ3) is 3.94. The van der Waals surface area contributed by atoms with Gasteiger partial charge in [0.05, 0.1) is 4.34 Å². The summed E-state index contributed by atoms with van der Waals surface area (Å²) in [5.41, 5.74) is 0. The molecule has 1 amide bonds. The van der Waals surface area contributed by atoms with E-state index in [1.807, 2.05) is 4.90 Å². The van der Waals surface area contributed by atoms with Crippen LogP contribution in [0.3, 0.4) is 0 Å². The molecular formula is C15H21ClN2O4S2. The summed E-state index contributed by atoms with van der Waals surface area (Å²) in [7, 11) is -3.53. The fraction of sp³-hybridized carbons (Fsp3) is 0.667. The monoisotopic (exact) mass is 392 g/mol. The lowest BCUT2D eigenvalue weighted by Crippen LogP contribution is -2.41. The highest BCUT2D eigenvalue weighted by molar-refractivity contribution is 7.91. The number of rotatable bonds is 3. The van der Waals surface area contributed by atoms with Crippen LogP contribution in [0.1, 0.15) is 19.3 Å². The lowest BCUT2D eigenvalue weighted by molar-refractivity contribution is -0.138. The number of nitrogens with zero attached hydrogens (tertiary/aromatic N) is 2. The third-order valence-corrected chi connectivity index (χ3v) is 8.08. The third-order valence-electron chi connectivity index (χ3n) is 4.48. The fourth-order valence-electron chi connectivity index (χ4n) is 3.12. The number of ether oxygens (including phenoxy) is 1. The first kappa shape index (κ1) is 18.1. The van der Waals surface area contributed by atoms with Crippen molar-refractivity contribution in [1.82, 2.24) is 9.21 Å². The molecule has 2 aliphatic heterocycles. The highest BCUT2D eigenvalue weighted by atomic mass is 35.5. The predicted octanol–water partition coefficient (Wildman–Crippen LogP) is 2.05. The first-order valence-electron chi connectivity index (χ1n) is 8.10. The van der Waals surface area contributed by atoms with E-state index in [9.17, 15) is 13.2 Å². The Labute approximate surface area is 151 Å². The molecule has 0 bridgehead atoms. The quantitative estimate of drug-likeness (QED) is 0.789. The number of sulfonamides is 1. The van der Waals surface area contributed by atoms with Crippen molar-refractivity contribution in [1.29, 1.82) is 0 Å². The molecule has 2 aliphatic rings. The Morgan fingerprint density at radius 3 is 2.58 bits per heavy atom. The van der Waals surface area contributed by atoms with Crippen LogP contribution in [0.4, 0.5) is 0 Å². The molecule has 2 fully saturated rings. The molecule has 0 spiro atoms. The van der Waals surface area contributed by atoms with Crippen molar-refractivity contribution in [3.05, 3.63) is 16.5 Å². The molecule has 9 heteroatoms. The second-order valence-electron chi connectivity index (χ2n) is 6.03. The molecule has 0 atom stereocenters. The Kier molecular flexibility index (Phi) is 5.82. The van der Waals surface area contributed by atoms with E-state index in [-0.39, 0.29) is 16.0 Å². The van der Waals surface area contributed by atoms with Crippen molar-refractivity contribution < 1.29 is 17.9 Å². The Bertz CT molecular complexity index is 685. The Morgan fingerprint density at radius 2 is 1.92 bits per heavy atom. The predicted molar refractivity (Wildman–Crippen MR) is 92.8 cm³/mol. The SMILES string of the molecule is O=C(C1CCOCC1)N1CCCN(S(=O)(=O)c2ccc(Cl)s2)CC1. The van der Waals surface area contributed by atoms with Gasteiger partial charge in [-0.05, 0) is 31.4 Å². The molecule has 0 saturated carbocycles. The molecule has 3 heterocycles. The maximum Gasteiger partial charge on any atom is 0.252 e. The summed E-state index contributed by atoms with van der Waals surface area (Å²) in [6.45, 7) is 3.05. The minimum absolute atomic E-state index is 0.0120. The van der Waals surface area contributed by atoms with Gasteiger partial charge in [-0.15, -0.1) is 11.3 Å². The van der Waals surface area contributed by atoms with E-state index < -0.39 is 10.0 Å². The van der Waals surface area contributed by atoms with Gasteiger partial charge in [-0.1, -0.05) is 11.6 Å². The fourth-order valence-corrected chi connectivity index (χ4v) is 6.23. The van der Waals surface area contributed by atoms with E-state index in [0.29, 0.717) is 50.1 Å². The van der Waals surface area contributed by atoms with Crippen LogP contribution in [0.5, 0.6) is 0 Å². The lowest BCUT2D eigenvalue weighted by Gasteiger charge is -2.28. The number of thiophene rings is 1. The van der Waals surface area contributed by atoms with Crippen LogP contribution >= 0.6 is 22.9 Å². The molecule has 0 aromatic carbocycles. The van der Waals surface area contributed by atoms with Gasteiger partial charge in [-0.3, -0.25) is 4.79 Å². The van der Waals surface area contributed by atoms with Gasteiger partial charge < -0.3 is 9.64 Å². The Morgan fingerprint density at radius 1 is 1.17 bits per heavy atom. The van der Waals surface area contributed by atoms with Crippen molar-refractivity contribution in [3.63, 3.8) is 0 Å². The summed E-state index contributed by atoms with van der Waals surface area (Å²) in [6, 6.07) is 3.13. The van der Waals surface area contributed by atoms with Crippen LogP contribution in [0.2, 0.25) is 4.34 Å². The number of carbonyl (C=O) groups excluding carboxylic acids is 1. The summed E-state index contributed by atoms with van der Waals surface area (Å²) in [5.74, 6) is 0.148. The van der Waals surface area contributed by atoms with E-state index >= 15 is 0 Å². The van der Waals surface area contributed by atoms with Crippen LogP contribution < -0.4 is 0 Å². The van der Waals surface area contributed by atoms with Gasteiger partial charge in [0.15, 0.2) is 0 Å². The minimum atomic E-state index is -3.53. The number of hydrogen-bond donors (Lipinski definition) is 0. The molecule has 0 radical (unpaired) electrons. The van der Waals surface area contributed by atoms with E-state index in [1.165, 1.54) is 10.4 Å². The maximum absolute atomic E-state index is 12.7. The molecule has 0 unspecified atom stereocenters. The second kappa shape index (κ2) is 7.70. The first-order valence-corrected chi connectivity index (χ1v) is 10.7. The van der Waals surface area contributed by atoms with Crippen molar-refractivity contribution in [2.24, 2.45) is 5.92 Å². The van der Waals surface area contributed by atoms with Crippen molar-refractivity contribution in [3.8, 4) is 0 Å². The molecule has 3 rings (SSSR count). The number of carbonyl (C=O) groups is 1. The zero-order chi connectivity index (χ0) is 17.2. The molecular weight excluding hydrogens is 372 g/mol. The summed E-state index contributed by atoms with van der Waals surface area (Å²) < 4.78 is 32.9. The normalized spacial score (nSPS) is 21.6. The average Bonchev–Trinajstić information content (AvgIpc) is 2.88. The minimum Gasteiger partial charge on any atom is -0.381 e. The summed E-state index contributed by atoms with van der Waals surface area (Å²) >= 11 is 6.93. The Balaban J connectivity index is 1.65. The van der Waals surface area contributed by atoms with Crippen molar-refractivity contribution >= 4 is 38.9 Å². The highest BCUT2D eigenvalue weighted by Crippen LogP contribution is 2.29. The zero-order valence-corrected chi connectivity index (χ0v) is 15.7. The van der Waals surface area contributed by atoms with Crippen LogP contribution in [0.15, 0.2) is 16.3 Å². The zero-order valence-electron chi connectivity index (χ0n) is 13.3. The van der Waals surface area contributed by atoms with Gasteiger partial charge in [0.25, 0.3) is 10.0 Å². The van der Waals surface area contributed by atoms with E-state index in [4.69, 9.17) is 16.3 Å². The van der Waals surface area contributed by atoms with E-state index in [1.54, 1.807) is 6.07 Å². The highest BCUT2D eigenvalue weighted by Gasteiger charge is 2.31. The van der Waals surface area contributed by atoms with Gasteiger partial charge in [0.1, 0.15) is 4.21 Å². The molecule has 134 valence electrons.